The van der Waals surface area contributed by atoms with Gasteiger partial charge >= 0.3 is 6.18 Å². The average molecular weight is 277 g/mol. The molecule has 19 heavy (non-hydrogen) atoms. The van der Waals surface area contributed by atoms with E-state index in [1.807, 2.05) is 26.8 Å². The summed E-state index contributed by atoms with van der Waals surface area (Å²) in [6, 6.07) is 0.167. The fourth-order valence-electron chi connectivity index (χ4n) is 2.81. The molecular formula is C14H22F3NO. The summed E-state index contributed by atoms with van der Waals surface area (Å²) in [5.41, 5.74) is 1.25. The summed E-state index contributed by atoms with van der Waals surface area (Å²) >= 11 is 0. The van der Waals surface area contributed by atoms with Crippen molar-refractivity contribution in [2.24, 2.45) is 0 Å². The molecule has 0 aliphatic carbocycles. The Morgan fingerprint density at radius 3 is 2.53 bits per heavy atom. The van der Waals surface area contributed by atoms with Gasteiger partial charge in [-0.3, -0.25) is 4.79 Å². The number of hydrogen-bond acceptors (Lipinski definition) is 1. The number of rotatable bonds is 2. The molecule has 2 heterocycles. The van der Waals surface area contributed by atoms with Crippen LogP contribution in [-0.4, -0.2) is 29.1 Å². The Kier molecular flexibility index (Phi) is 5.44. The second kappa shape index (κ2) is 6.44. The van der Waals surface area contributed by atoms with Gasteiger partial charge in [-0.2, -0.15) is 13.2 Å². The van der Waals surface area contributed by atoms with E-state index in [0.29, 0.717) is 0 Å². The third kappa shape index (κ3) is 4.25. The highest BCUT2D eigenvalue weighted by Gasteiger charge is 2.39. The maximum atomic E-state index is 12.1. The highest BCUT2D eigenvalue weighted by atomic mass is 19.4. The molecule has 0 aromatic heterocycles. The summed E-state index contributed by atoms with van der Waals surface area (Å²) < 4.78 is 36.2. The lowest BCUT2D eigenvalue weighted by atomic mass is 10.0. The Balaban J connectivity index is 0.000000861. The molecule has 2 unspecified atom stereocenters. The lowest BCUT2D eigenvalue weighted by Crippen LogP contribution is -2.43. The van der Waals surface area contributed by atoms with Crippen molar-refractivity contribution in [2.75, 3.05) is 0 Å². The third-order valence-electron chi connectivity index (χ3n) is 3.49. The molecule has 2 aliphatic rings. The lowest BCUT2D eigenvalue weighted by Gasteiger charge is -2.33. The van der Waals surface area contributed by atoms with E-state index >= 15 is 0 Å². The van der Waals surface area contributed by atoms with Gasteiger partial charge in [-0.05, 0) is 26.2 Å². The highest BCUT2D eigenvalue weighted by molar-refractivity contribution is 5.78. The van der Waals surface area contributed by atoms with Gasteiger partial charge in [0.2, 0.25) is 5.91 Å². The van der Waals surface area contributed by atoms with Crippen LogP contribution in [0.5, 0.6) is 0 Å². The Bertz CT molecular complexity index is 349. The predicted molar refractivity (Wildman–Crippen MR) is 68.7 cm³/mol. The van der Waals surface area contributed by atoms with E-state index in [2.05, 4.69) is 0 Å². The van der Waals surface area contributed by atoms with Crippen LogP contribution in [0.4, 0.5) is 13.2 Å². The minimum Gasteiger partial charge on any atom is -0.333 e. The van der Waals surface area contributed by atoms with Gasteiger partial charge < -0.3 is 4.90 Å². The number of carbonyl (C=O) groups excluding carboxylic acids is 1. The fourth-order valence-corrected chi connectivity index (χ4v) is 2.81. The Morgan fingerprint density at radius 2 is 2.00 bits per heavy atom. The summed E-state index contributed by atoms with van der Waals surface area (Å²) in [7, 11) is 0. The molecule has 110 valence electrons. The van der Waals surface area contributed by atoms with Crippen molar-refractivity contribution >= 4 is 5.91 Å². The van der Waals surface area contributed by atoms with Gasteiger partial charge in [-0.25, -0.2) is 0 Å². The van der Waals surface area contributed by atoms with Crippen LogP contribution in [0, 0.1) is 0 Å². The van der Waals surface area contributed by atoms with Gasteiger partial charge in [0.05, 0.1) is 12.5 Å². The maximum absolute atomic E-state index is 12.1. The zero-order chi connectivity index (χ0) is 14.6. The van der Waals surface area contributed by atoms with Crippen molar-refractivity contribution < 1.29 is 18.0 Å². The largest absolute Gasteiger partial charge is 0.389 e. The van der Waals surface area contributed by atoms with Gasteiger partial charge in [-0.15, -0.1) is 0 Å². The number of carbonyl (C=O) groups is 1. The standard InChI is InChI=1S/C12H16F3NO.C2H6/c1-8-6-9-2-3-10(7-8)16(9)11(17)4-5-12(13,14)15;1-2/h6,9-10H,2-5,7H2,1H3;1-2H3. The van der Waals surface area contributed by atoms with Crippen molar-refractivity contribution in [3.05, 3.63) is 11.6 Å². The number of halogens is 3. The topological polar surface area (TPSA) is 20.3 Å². The smallest absolute Gasteiger partial charge is 0.333 e. The van der Waals surface area contributed by atoms with Gasteiger partial charge in [0.15, 0.2) is 0 Å². The number of fused-ring (bicyclic) bond motifs is 2. The fraction of sp³-hybridized carbons (Fsp3) is 0.786. The van der Waals surface area contributed by atoms with E-state index < -0.39 is 19.0 Å². The van der Waals surface area contributed by atoms with Gasteiger partial charge in [0, 0.05) is 12.5 Å². The SMILES string of the molecule is CC.CC1=CC2CCC(C1)N2C(=O)CCC(F)(F)F. The lowest BCUT2D eigenvalue weighted by molar-refractivity contribution is -0.150. The number of hydrogen-bond donors (Lipinski definition) is 0. The van der Waals surface area contributed by atoms with Gasteiger partial charge in [0.25, 0.3) is 0 Å². The van der Waals surface area contributed by atoms with Crippen LogP contribution in [-0.2, 0) is 4.79 Å². The van der Waals surface area contributed by atoms with E-state index in [1.165, 1.54) is 5.57 Å². The molecule has 0 aromatic rings. The van der Waals surface area contributed by atoms with Crippen LogP contribution >= 0.6 is 0 Å². The molecule has 0 saturated carbocycles. The van der Waals surface area contributed by atoms with E-state index in [1.54, 1.807) is 4.90 Å². The molecule has 0 spiro atoms. The summed E-state index contributed by atoms with van der Waals surface area (Å²) in [5.74, 6) is -0.349. The molecule has 1 amide bonds. The Hall–Kier alpha value is -1.00. The van der Waals surface area contributed by atoms with Crippen molar-refractivity contribution in [2.45, 2.75) is 71.1 Å². The van der Waals surface area contributed by atoms with Crippen LogP contribution in [0.1, 0.15) is 52.9 Å². The molecule has 1 saturated heterocycles. The van der Waals surface area contributed by atoms with E-state index in [-0.39, 0.29) is 18.0 Å². The molecular weight excluding hydrogens is 255 g/mol. The number of alkyl halides is 3. The zero-order valence-corrected chi connectivity index (χ0v) is 11.8. The van der Waals surface area contributed by atoms with Gasteiger partial charge in [0.1, 0.15) is 0 Å². The van der Waals surface area contributed by atoms with Crippen molar-refractivity contribution in [3.8, 4) is 0 Å². The van der Waals surface area contributed by atoms with Crippen LogP contribution < -0.4 is 0 Å². The Labute approximate surface area is 112 Å². The van der Waals surface area contributed by atoms with Gasteiger partial charge in [-0.1, -0.05) is 25.5 Å². The second-order valence-electron chi connectivity index (χ2n) is 4.93. The monoisotopic (exact) mass is 277 g/mol. The molecule has 2 bridgehead atoms. The predicted octanol–water partition coefficient (Wildman–Crippen LogP) is 4.06. The maximum Gasteiger partial charge on any atom is 0.389 e. The van der Waals surface area contributed by atoms with Crippen LogP contribution in [0.3, 0.4) is 0 Å². The number of nitrogens with zero attached hydrogens (tertiary/aromatic N) is 1. The molecule has 5 heteroatoms. The second-order valence-corrected chi connectivity index (χ2v) is 4.93. The molecule has 0 N–H and O–H groups in total. The summed E-state index contributed by atoms with van der Waals surface area (Å²) in [6.45, 7) is 6.02. The van der Waals surface area contributed by atoms with Crippen molar-refractivity contribution in [1.29, 1.82) is 0 Å². The molecule has 2 atom stereocenters. The van der Waals surface area contributed by atoms with E-state index in [0.717, 1.165) is 19.3 Å². The van der Waals surface area contributed by atoms with E-state index in [4.69, 9.17) is 0 Å². The number of amides is 1. The van der Waals surface area contributed by atoms with E-state index in [9.17, 15) is 18.0 Å². The summed E-state index contributed by atoms with van der Waals surface area (Å²) in [6.07, 6.45) is -1.02. The third-order valence-corrected chi connectivity index (χ3v) is 3.49. The quantitative estimate of drug-likeness (QED) is 0.697. The average Bonchev–Trinajstić information content (AvgIpc) is 2.60. The molecule has 2 rings (SSSR count). The first-order valence-electron chi connectivity index (χ1n) is 6.92. The Morgan fingerprint density at radius 1 is 1.37 bits per heavy atom. The summed E-state index contributed by atoms with van der Waals surface area (Å²) in [4.78, 5) is 13.5. The minimum absolute atomic E-state index is 0.0366. The minimum atomic E-state index is -4.24. The summed E-state index contributed by atoms with van der Waals surface area (Å²) in [5, 5.41) is 0. The normalized spacial score (nSPS) is 25.6. The van der Waals surface area contributed by atoms with Crippen LogP contribution in [0.15, 0.2) is 11.6 Å². The van der Waals surface area contributed by atoms with Crippen LogP contribution in [0.25, 0.3) is 0 Å². The molecule has 0 radical (unpaired) electrons. The first-order valence-corrected chi connectivity index (χ1v) is 6.92. The highest BCUT2D eigenvalue weighted by Crippen LogP contribution is 2.35. The van der Waals surface area contributed by atoms with Crippen molar-refractivity contribution in [3.63, 3.8) is 0 Å². The first-order chi connectivity index (χ1) is 8.87. The molecule has 1 fully saturated rings. The first kappa shape index (κ1) is 16.1. The zero-order valence-electron chi connectivity index (χ0n) is 11.8. The molecule has 0 aromatic carbocycles. The molecule has 2 nitrogen and oxygen atoms in total. The van der Waals surface area contributed by atoms with Crippen molar-refractivity contribution in [1.82, 2.24) is 4.90 Å². The molecule has 2 aliphatic heterocycles. The van der Waals surface area contributed by atoms with Crippen LogP contribution in [0.2, 0.25) is 0 Å².